The highest BCUT2D eigenvalue weighted by molar-refractivity contribution is 7.80. The maximum absolute atomic E-state index is 12.0. The van der Waals surface area contributed by atoms with Gasteiger partial charge in [0.2, 0.25) is 5.91 Å². The van der Waals surface area contributed by atoms with Crippen LogP contribution in [0.3, 0.4) is 0 Å². The molecule has 0 saturated carbocycles. The lowest BCUT2D eigenvalue weighted by Crippen LogP contribution is -2.32. The van der Waals surface area contributed by atoms with Gasteiger partial charge in [-0.2, -0.15) is 0 Å². The second-order valence-corrected chi connectivity index (χ2v) is 8.23. The summed E-state index contributed by atoms with van der Waals surface area (Å²) in [6.45, 7) is 3.92. The van der Waals surface area contributed by atoms with Gasteiger partial charge in [0.25, 0.3) is 0 Å². The minimum atomic E-state index is -0.331. The summed E-state index contributed by atoms with van der Waals surface area (Å²) in [4.78, 5) is 16.7. The molecule has 2 aromatic heterocycles. The summed E-state index contributed by atoms with van der Waals surface area (Å²) in [6.07, 6.45) is 2.98. The first kappa shape index (κ1) is 20.0. The molecular weight excluding hydrogens is 414 g/mol. The lowest BCUT2D eigenvalue weighted by Gasteiger charge is -2.08. The van der Waals surface area contributed by atoms with E-state index < -0.39 is 0 Å². The van der Waals surface area contributed by atoms with Crippen LogP contribution in [0.4, 0.5) is 5.69 Å². The Morgan fingerprint density at radius 2 is 1.90 bits per heavy atom. The van der Waals surface area contributed by atoms with E-state index in [2.05, 4.69) is 29.7 Å². The Bertz CT molecular complexity index is 1250. The van der Waals surface area contributed by atoms with Crippen LogP contribution in [0.1, 0.15) is 17.1 Å². The molecule has 5 nitrogen and oxygen atoms in total. The normalized spacial score (nSPS) is 11.1. The van der Waals surface area contributed by atoms with Gasteiger partial charge in [-0.05, 0) is 86.2 Å². The van der Waals surface area contributed by atoms with Crippen molar-refractivity contribution in [2.75, 3.05) is 5.32 Å². The van der Waals surface area contributed by atoms with E-state index in [9.17, 15) is 4.79 Å². The van der Waals surface area contributed by atoms with Crippen LogP contribution in [0.5, 0.6) is 0 Å². The maximum atomic E-state index is 12.0. The van der Waals surface area contributed by atoms with Crippen molar-refractivity contribution in [1.82, 2.24) is 10.3 Å². The molecular formula is C23H19N3O2S2. The van der Waals surface area contributed by atoms with Gasteiger partial charge in [0.1, 0.15) is 16.5 Å². The van der Waals surface area contributed by atoms with E-state index in [4.69, 9.17) is 21.6 Å². The zero-order chi connectivity index (χ0) is 21.1. The standard InChI is InChI=1S/C23H19N3O2S2/c1-14-3-11-19-20(13-14)30-22(25-19)16-5-7-17(8-6-16)24-23(29)26-21(27)12-10-18-9-4-15(2)28-18/h3-13H,1-2H3,(H2,24,26,27,29)/b12-10+. The Morgan fingerprint density at radius 1 is 1.10 bits per heavy atom. The highest BCUT2D eigenvalue weighted by Crippen LogP contribution is 2.31. The van der Waals surface area contributed by atoms with Crippen molar-refractivity contribution in [3.05, 3.63) is 77.8 Å². The molecule has 0 bridgehead atoms. The summed E-state index contributed by atoms with van der Waals surface area (Å²) >= 11 is 6.89. The molecule has 7 heteroatoms. The van der Waals surface area contributed by atoms with Crippen molar-refractivity contribution < 1.29 is 9.21 Å². The van der Waals surface area contributed by atoms with Crippen LogP contribution in [-0.2, 0) is 4.79 Å². The van der Waals surface area contributed by atoms with Crippen LogP contribution < -0.4 is 10.6 Å². The minimum Gasteiger partial charge on any atom is -0.462 e. The fourth-order valence-electron chi connectivity index (χ4n) is 2.87. The van der Waals surface area contributed by atoms with Crippen molar-refractivity contribution in [3.8, 4) is 10.6 Å². The lowest BCUT2D eigenvalue weighted by atomic mass is 10.2. The number of thiazole rings is 1. The van der Waals surface area contributed by atoms with Crippen LogP contribution in [0, 0.1) is 13.8 Å². The molecule has 30 heavy (non-hydrogen) atoms. The number of hydrogen-bond acceptors (Lipinski definition) is 5. The number of aromatic nitrogens is 1. The fraction of sp³-hybridized carbons (Fsp3) is 0.0870. The van der Waals surface area contributed by atoms with Crippen molar-refractivity contribution >= 4 is 56.6 Å². The molecule has 4 rings (SSSR count). The molecule has 0 unspecified atom stereocenters. The Kier molecular flexibility index (Phi) is 5.74. The topological polar surface area (TPSA) is 67.2 Å². The molecule has 150 valence electrons. The third-order valence-corrected chi connectivity index (χ3v) is 5.60. The number of furan rings is 1. The average Bonchev–Trinajstić information content (AvgIpc) is 3.32. The predicted molar refractivity (Wildman–Crippen MR) is 127 cm³/mol. The van der Waals surface area contributed by atoms with Gasteiger partial charge in [-0.25, -0.2) is 4.98 Å². The molecule has 0 aliphatic heterocycles. The van der Waals surface area contributed by atoms with Crippen LogP contribution in [0.2, 0.25) is 0 Å². The van der Waals surface area contributed by atoms with Gasteiger partial charge in [0, 0.05) is 17.3 Å². The number of carbonyl (C=O) groups excluding carboxylic acids is 1. The van der Waals surface area contributed by atoms with E-state index in [1.807, 2.05) is 43.3 Å². The Hall–Kier alpha value is -3.29. The number of anilines is 1. The van der Waals surface area contributed by atoms with Crippen LogP contribution in [0.15, 0.2) is 65.1 Å². The first-order valence-electron chi connectivity index (χ1n) is 9.30. The third kappa shape index (κ3) is 4.82. The van der Waals surface area contributed by atoms with Gasteiger partial charge in [-0.3, -0.25) is 10.1 Å². The predicted octanol–water partition coefficient (Wildman–Crippen LogP) is 5.70. The van der Waals surface area contributed by atoms with Gasteiger partial charge in [0.15, 0.2) is 5.11 Å². The van der Waals surface area contributed by atoms with Crippen molar-refractivity contribution in [2.24, 2.45) is 0 Å². The molecule has 1 amide bonds. The van der Waals surface area contributed by atoms with E-state index in [-0.39, 0.29) is 11.0 Å². The number of nitrogens with one attached hydrogen (secondary N) is 2. The summed E-state index contributed by atoms with van der Waals surface area (Å²) in [6, 6.07) is 17.7. The number of hydrogen-bond donors (Lipinski definition) is 2. The molecule has 2 aromatic carbocycles. The molecule has 0 atom stereocenters. The number of fused-ring (bicyclic) bond motifs is 1. The number of amides is 1. The van der Waals surface area contributed by atoms with E-state index in [1.165, 1.54) is 16.3 Å². The SMILES string of the molecule is Cc1ccc2nc(-c3ccc(NC(=S)NC(=O)/C=C/c4ccc(C)o4)cc3)sc2c1. The number of carbonyl (C=O) groups is 1. The molecule has 4 aromatic rings. The monoisotopic (exact) mass is 433 g/mol. The summed E-state index contributed by atoms with van der Waals surface area (Å²) in [7, 11) is 0. The van der Waals surface area contributed by atoms with Crippen LogP contribution in [-0.4, -0.2) is 16.0 Å². The summed E-state index contributed by atoms with van der Waals surface area (Å²) in [5.74, 6) is 1.07. The van der Waals surface area contributed by atoms with E-state index in [0.717, 1.165) is 27.5 Å². The first-order chi connectivity index (χ1) is 14.5. The largest absolute Gasteiger partial charge is 0.462 e. The highest BCUT2D eigenvalue weighted by Gasteiger charge is 2.07. The van der Waals surface area contributed by atoms with E-state index in [0.29, 0.717) is 5.76 Å². The zero-order valence-corrected chi connectivity index (χ0v) is 18.1. The number of rotatable bonds is 4. The minimum absolute atomic E-state index is 0.225. The van der Waals surface area contributed by atoms with Gasteiger partial charge in [0.05, 0.1) is 10.2 Å². The van der Waals surface area contributed by atoms with Crippen molar-refractivity contribution in [1.29, 1.82) is 0 Å². The van der Waals surface area contributed by atoms with Gasteiger partial charge >= 0.3 is 0 Å². The highest BCUT2D eigenvalue weighted by atomic mass is 32.1. The number of benzene rings is 2. The average molecular weight is 434 g/mol. The van der Waals surface area contributed by atoms with Crippen molar-refractivity contribution in [3.63, 3.8) is 0 Å². The molecule has 0 aliphatic carbocycles. The molecule has 0 spiro atoms. The van der Waals surface area contributed by atoms with Crippen LogP contribution >= 0.6 is 23.6 Å². The van der Waals surface area contributed by atoms with Gasteiger partial charge in [-0.1, -0.05) is 6.07 Å². The quantitative estimate of drug-likeness (QED) is 0.319. The number of nitrogens with zero attached hydrogens (tertiary/aromatic N) is 1. The molecule has 0 fully saturated rings. The summed E-state index contributed by atoms with van der Waals surface area (Å²) in [5.41, 5.74) is 4.05. The molecule has 0 saturated heterocycles. The molecule has 0 radical (unpaired) electrons. The third-order valence-electron chi connectivity index (χ3n) is 4.33. The van der Waals surface area contributed by atoms with Gasteiger partial charge < -0.3 is 9.73 Å². The van der Waals surface area contributed by atoms with Gasteiger partial charge in [-0.15, -0.1) is 11.3 Å². The zero-order valence-electron chi connectivity index (χ0n) is 16.4. The smallest absolute Gasteiger partial charge is 0.250 e. The molecule has 2 heterocycles. The fourth-order valence-corrected chi connectivity index (χ4v) is 4.16. The maximum Gasteiger partial charge on any atom is 0.250 e. The Morgan fingerprint density at radius 3 is 2.63 bits per heavy atom. The Labute approximate surface area is 183 Å². The second-order valence-electron chi connectivity index (χ2n) is 6.79. The number of thiocarbonyl (C=S) groups is 1. The second kappa shape index (κ2) is 8.61. The van der Waals surface area contributed by atoms with E-state index in [1.54, 1.807) is 23.5 Å². The molecule has 2 N–H and O–H groups in total. The number of aryl methyl sites for hydroxylation is 2. The summed E-state index contributed by atoms with van der Waals surface area (Å²) in [5, 5.41) is 6.82. The van der Waals surface area contributed by atoms with Crippen molar-refractivity contribution in [2.45, 2.75) is 13.8 Å². The Balaban J connectivity index is 1.37. The lowest BCUT2D eigenvalue weighted by molar-refractivity contribution is -0.115. The van der Waals surface area contributed by atoms with Crippen LogP contribution in [0.25, 0.3) is 26.9 Å². The summed E-state index contributed by atoms with van der Waals surface area (Å²) < 4.78 is 6.56. The first-order valence-corrected chi connectivity index (χ1v) is 10.5. The molecule has 0 aliphatic rings. The van der Waals surface area contributed by atoms with E-state index >= 15 is 0 Å².